The van der Waals surface area contributed by atoms with Gasteiger partial charge in [0.2, 0.25) is 0 Å². The smallest absolute Gasteiger partial charge is 0.326 e. The van der Waals surface area contributed by atoms with Gasteiger partial charge < -0.3 is 20.1 Å². The molecule has 110 valence electrons. The van der Waals surface area contributed by atoms with Gasteiger partial charge in [0.1, 0.15) is 6.04 Å². The zero-order valence-corrected chi connectivity index (χ0v) is 12.1. The molecule has 0 radical (unpaired) electrons. The molecule has 0 aromatic carbocycles. The fraction of sp³-hybridized carbons (Fsp3) is 0.846. The number of hydrogen-bond donors (Lipinski definition) is 2. The molecule has 0 saturated carbocycles. The second kappa shape index (κ2) is 6.23. The first-order valence-electron chi connectivity index (χ1n) is 6.58. The molecule has 1 heterocycles. The summed E-state index contributed by atoms with van der Waals surface area (Å²) < 4.78 is 5.46. The molecule has 0 aliphatic carbocycles. The topological polar surface area (TPSA) is 78.9 Å². The Morgan fingerprint density at radius 2 is 2.11 bits per heavy atom. The molecular weight excluding hydrogens is 248 g/mol. The van der Waals surface area contributed by atoms with E-state index in [-0.39, 0.29) is 12.1 Å². The number of ether oxygens (including phenoxy) is 1. The van der Waals surface area contributed by atoms with Crippen molar-refractivity contribution >= 4 is 12.0 Å². The van der Waals surface area contributed by atoms with Gasteiger partial charge in [-0.1, -0.05) is 20.8 Å². The molecule has 1 unspecified atom stereocenters. The highest BCUT2D eigenvalue weighted by atomic mass is 16.5. The summed E-state index contributed by atoms with van der Waals surface area (Å²) in [6.45, 7) is 6.58. The summed E-state index contributed by atoms with van der Waals surface area (Å²) in [7, 11) is 1.65. The number of hydrogen-bond acceptors (Lipinski definition) is 3. The molecule has 1 aliphatic heterocycles. The SMILES string of the molecule is CN(CC1CCCO1)C(=O)N[C@H](C(=O)O)C(C)(C)C. The van der Waals surface area contributed by atoms with Crippen LogP contribution in [0.3, 0.4) is 0 Å². The minimum atomic E-state index is -1.02. The van der Waals surface area contributed by atoms with Crippen LogP contribution in [0.5, 0.6) is 0 Å². The summed E-state index contributed by atoms with van der Waals surface area (Å²) in [5.74, 6) is -1.02. The number of amides is 2. The van der Waals surface area contributed by atoms with E-state index in [0.29, 0.717) is 6.54 Å². The molecule has 1 saturated heterocycles. The number of rotatable bonds is 4. The predicted octanol–water partition coefficient (Wildman–Crippen LogP) is 1.31. The van der Waals surface area contributed by atoms with Crippen molar-refractivity contribution < 1.29 is 19.4 Å². The Kier molecular flexibility index (Phi) is 5.17. The molecule has 2 N–H and O–H groups in total. The molecule has 0 aromatic heterocycles. The van der Waals surface area contributed by atoms with Crippen LogP contribution in [-0.2, 0) is 9.53 Å². The maximum atomic E-state index is 12.0. The maximum Gasteiger partial charge on any atom is 0.326 e. The van der Waals surface area contributed by atoms with Gasteiger partial charge in [-0.25, -0.2) is 9.59 Å². The predicted molar refractivity (Wildman–Crippen MR) is 71.0 cm³/mol. The van der Waals surface area contributed by atoms with Gasteiger partial charge in [-0.3, -0.25) is 0 Å². The van der Waals surface area contributed by atoms with Crippen molar-refractivity contribution in [2.75, 3.05) is 20.2 Å². The van der Waals surface area contributed by atoms with E-state index in [0.717, 1.165) is 19.4 Å². The van der Waals surface area contributed by atoms with Crippen LogP contribution in [0.15, 0.2) is 0 Å². The summed E-state index contributed by atoms with van der Waals surface area (Å²) in [5, 5.41) is 11.7. The average molecular weight is 272 g/mol. The quantitative estimate of drug-likeness (QED) is 0.808. The standard InChI is InChI=1S/C13H24N2O4/c1-13(2,3)10(11(16)17)14-12(18)15(4)8-9-6-5-7-19-9/h9-10H,5-8H2,1-4H3,(H,14,18)(H,16,17)/t9?,10-/m1/s1. The Balaban J connectivity index is 2.53. The van der Waals surface area contributed by atoms with Crippen LogP contribution in [0.4, 0.5) is 4.79 Å². The number of likely N-dealkylation sites (N-methyl/N-ethyl adjacent to an activating group) is 1. The number of carboxylic acids is 1. The lowest BCUT2D eigenvalue weighted by atomic mass is 9.87. The molecule has 1 fully saturated rings. The van der Waals surface area contributed by atoms with Crippen LogP contribution >= 0.6 is 0 Å². The molecule has 2 amide bonds. The number of nitrogens with zero attached hydrogens (tertiary/aromatic N) is 1. The second-order valence-corrected chi connectivity index (χ2v) is 6.10. The molecule has 1 rings (SSSR count). The van der Waals surface area contributed by atoms with E-state index in [4.69, 9.17) is 9.84 Å². The summed E-state index contributed by atoms with van der Waals surface area (Å²) >= 11 is 0. The number of carboxylic acid groups (broad SMARTS) is 1. The largest absolute Gasteiger partial charge is 0.480 e. The van der Waals surface area contributed by atoms with Gasteiger partial charge in [0, 0.05) is 20.2 Å². The minimum Gasteiger partial charge on any atom is -0.480 e. The Bertz CT molecular complexity index is 332. The molecule has 19 heavy (non-hydrogen) atoms. The molecule has 1 aliphatic rings. The van der Waals surface area contributed by atoms with Gasteiger partial charge >= 0.3 is 12.0 Å². The van der Waals surface area contributed by atoms with Crippen LogP contribution in [-0.4, -0.2) is 54.4 Å². The van der Waals surface area contributed by atoms with Crippen molar-refractivity contribution in [1.29, 1.82) is 0 Å². The Labute approximate surface area is 114 Å². The van der Waals surface area contributed by atoms with Crippen LogP contribution in [0, 0.1) is 5.41 Å². The van der Waals surface area contributed by atoms with Crippen molar-refractivity contribution in [2.45, 2.75) is 45.8 Å². The van der Waals surface area contributed by atoms with Gasteiger partial charge in [-0.2, -0.15) is 0 Å². The van der Waals surface area contributed by atoms with E-state index in [1.165, 1.54) is 4.90 Å². The third kappa shape index (κ3) is 4.70. The van der Waals surface area contributed by atoms with E-state index < -0.39 is 17.4 Å². The second-order valence-electron chi connectivity index (χ2n) is 6.10. The highest BCUT2D eigenvalue weighted by Crippen LogP contribution is 2.20. The normalized spacial score (nSPS) is 20.9. The summed E-state index contributed by atoms with van der Waals surface area (Å²) in [4.78, 5) is 24.7. The maximum absolute atomic E-state index is 12.0. The molecule has 0 aromatic rings. The monoisotopic (exact) mass is 272 g/mol. The van der Waals surface area contributed by atoms with Crippen LogP contribution < -0.4 is 5.32 Å². The Morgan fingerprint density at radius 3 is 2.53 bits per heavy atom. The van der Waals surface area contributed by atoms with Crippen molar-refractivity contribution in [3.63, 3.8) is 0 Å². The minimum absolute atomic E-state index is 0.0636. The zero-order valence-electron chi connectivity index (χ0n) is 12.1. The first-order valence-corrected chi connectivity index (χ1v) is 6.58. The lowest BCUT2D eigenvalue weighted by Gasteiger charge is -2.30. The van der Waals surface area contributed by atoms with Crippen LogP contribution in [0.1, 0.15) is 33.6 Å². The number of carbonyl (C=O) groups excluding carboxylic acids is 1. The highest BCUT2D eigenvalue weighted by molar-refractivity contribution is 5.83. The summed E-state index contributed by atoms with van der Waals surface area (Å²) in [6, 6.07) is -1.29. The average Bonchev–Trinajstić information content (AvgIpc) is 2.75. The van der Waals surface area contributed by atoms with Crippen molar-refractivity contribution in [3.8, 4) is 0 Å². The Hall–Kier alpha value is -1.30. The molecule has 2 atom stereocenters. The van der Waals surface area contributed by atoms with E-state index >= 15 is 0 Å². The Morgan fingerprint density at radius 1 is 1.47 bits per heavy atom. The first-order chi connectivity index (χ1) is 8.71. The highest BCUT2D eigenvalue weighted by Gasteiger charge is 2.33. The first kappa shape index (κ1) is 15.8. The molecule has 0 spiro atoms. The van der Waals surface area contributed by atoms with E-state index in [1.54, 1.807) is 27.8 Å². The van der Waals surface area contributed by atoms with E-state index in [1.807, 2.05) is 0 Å². The van der Waals surface area contributed by atoms with Gasteiger partial charge in [-0.15, -0.1) is 0 Å². The summed E-state index contributed by atoms with van der Waals surface area (Å²) in [5.41, 5.74) is -0.536. The third-order valence-corrected chi connectivity index (χ3v) is 3.23. The molecule has 6 nitrogen and oxygen atoms in total. The lowest BCUT2D eigenvalue weighted by molar-refractivity contribution is -0.142. The fourth-order valence-corrected chi connectivity index (χ4v) is 2.06. The van der Waals surface area contributed by atoms with Crippen molar-refractivity contribution in [3.05, 3.63) is 0 Å². The number of aliphatic carboxylic acids is 1. The summed E-state index contributed by atoms with van der Waals surface area (Å²) in [6.07, 6.45) is 2.02. The van der Waals surface area contributed by atoms with Crippen molar-refractivity contribution in [2.24, 2.45) is 5.41 Å². The lowest BCUT2D eigenvalue weighted by Crippen LogP contribution is -2.53. The fourth-order valence-electron chi connectivity index (χ4n) is 2.06. The molecular formula is C13H24N2O4. The van der Waals surface area contributed by atoms with E-state index in [9.17, 15) is 9.59 Å². The number of nitrogens with one attached hydrogen (secondary N) is 1. The van der Waals surface area contributed by atoms with Gasteiger partial charge in [0.25, 0.3) is 0 Å². The number of carbonyl (C=O) groups is 2. The van der Waals surface area contributed by atoms with Crippen LogP contribution in [0.25, 0.3) is 0 Å². The third-order valence-electron chi connectivity index (χ3n) is 3.23. The van der Waals surface area contributed by atoms with Crippen LogP contribution in [0.2, 0.25) is 0 Å². The van der Waals surface area contributed by atoms with Gasteiger partial charge in [-0.05, 0) is 18.3 Å². The molecule has 6 heteroatoms. The van der Waals surface area contributed by atoms with Crippen molar-refractivity contribution in [1.82, 2.24) is 10.2 Å². The van der Waals surface area contributed by atoms with E-state index in [2.05, 4.69) is 5.32 Å². The number of urea groups is 1. The molecule has 0 bridgehead atoms. The van der Waals surface area contributed by atoms with Gasteiger partial charge in [0.15, 0.2) is 0 Å². The zero-order chi connectivity index (χ0) is 14.6. The van der Waals surface area contributed by atoms with Gasteiger partial charge in [0.05, 0.1) is 6.10 Å².